The highest BCUT2D eigenvalue weighted by Gasteiger charge is 2.24. The number of carbonyl (C=O) groups excluding carboxylic acids is 1. The topological polar surface area (TPSA) is 59.4 Å². The number of rotatable bonds is 4. The Kier molecular flexibility index (Phi) is 5.30. The van der Waals surface area contributed by atoms with Crippen molar-refractivity contribution in [1.29, 1.82) is 0 Å². The lowest BCUT2D eigenvalue weighted by molar-refractivity contribution is 0.200. The van der Waals surface area contributed by atoms with Gasteiger partial charge in [0.05, 0.1) is 7.11 Å². The maximum atomic E-state index is 12.7. The Bertz CT molecular complexity index is 697. The zero-order valence-corrected chi connectivity index (χ0v) is 14.8. The summed E-state index contributed by atoms with van der Waals surface area (Å²) in [6.45, 7) is 1.56. The zero-order valence-electron chi connectivity index (χ0n) is 13.9. The van der Waals surface area contributed by atoms with Gasteiger partial charge in [0.25, 0.3) is 0 Å². The molecule has 6 nitrogen and oxygen atoms in total. The Labute approximate surface area is 146 Å². The van der Waals surface area contributed by atoms with Crippen molar-refractivity contribution < 1.29 is 9.53 Å². The molecule has 1 N–H and O–H groups in total. The molecule has 0 aliphatic carbocycles. The average molecular weight is 346 g/mol. The summed E-state index contributed by atoms with van der Waals surface area (Å²) in [5.74, 6) is 3.53. The molecule has 2 aromatic rings. The second-order valence-electron chi connectivity index (χ2n) is 5.65. The smallest absolute Gasteiger partial charge is 0.318 e. The number of nitrogens with zero attached hydrogens (tertiary/aromatic N) is 3. The van der Waals surface area contributed by atoms with Crippen molar-refractivity contribution in [3.05, 3.63) is 48.0 Å². The van der Waals surface area contributed by atoms with Gasteiger partial charge in [-0.1, -0.05) is 12.1 Å². The van der Waals surface area contributed by atoms with E-state index in [4.69, 9.17) is 4.74 Å². The lowest BCUT2D eigenvalue weighted by atomic mass is 10.1. The number of aryl methyl sites for hydroxylation is 1. The molecule has 3 rings (SSSR count). The van der Waals surface area contributed by atoms with Gasteiger partial charge in [0, 0.05) is 44.0 Å². The highest BCUT2D eigenvalue weighted by atomic mass is 32.2. The number of thioether (sulfide) groups is 1. The van der Waals surface area contributed by atoms with Crippen LogP contribution in [0, 0.1) is 0 Å². The normalized spacial score (nSPS) is 15.8. The number of carbonyl (C=O) groups is 1. The summed E-state index contributed by atoms with van der Waals surface area (Å²) in [5.41, 5.74) is 0.948. The molecular formula is C17H22N4O2S. The van der Waals surface area contributed by atoms with E-state index in [9.17, 15) is 4.79 Å². The predicted molar refractivity (Wildman–Crippen MR) is 95.5 cm³/mol. The molecule has 7 heteroatoms. The molecular weight excluding hydrogens is 324 g/mol. The zero-order chi connectivity index (χ0) is 16.9. The molecule has 2 heterocycles. The van der Waals surface area contributed by atoms with Crippen molar-refractivity contribution in [2.24, 2.45) is 7.05 Å². The van der Waals surface area contributed by atoms with Gasteiger partial charge in [0.15, 0.2) is 0 Å². The van der Waals surface area contributed by atoms with Gasteiger partial charge in [-0.2, -0.15) is 11.8 Å². The minimum Gasteiger partial charge on any atom is -0.497 e. The van der Waals surface area contributed by atoms with Crippen LogP contribution in [0.15, 0.2) is 36.7 Å². The van der Waals surface area contributed by atoms with Gasteiger partial charge in [-0.05, 0) is 17.7 Å². The van der Waals surface area contributed by atoms with Crippen LogP contribution < -0.4 is 10.1 Å². The Balaban J connectivity index is 1.87. The number of imidazole rings is 1. The highest BCUT2D eigenvalue weighted by molar-refractivity contribution is 7.99. The largest absolute Gasteiger partial charge is 0.497 e. The summed E-state index contributed by atoms with van der Waals surface area (Å²) in [7, 11) is 3.57. The van der Waals surface area contributed by atoms with E-state index in [0.29, 0.717) is 0 Å². The molecule has 0 saturated carbocycles. The third-order valence-corrected chi connectivity index (χ3v) is 5.05. The third-order valence-electron chi connectivity index (χ3n) is 4.11. The first-order valence-corrected chi connectivity index (χ1v) is 9.09. The first-order valence-electron chi connectivity index (χ1n) is 7.93. The highest BCUT2D eigenvalue weighted by Crippen LogP contribution is 2.24. The molecule has 1 aliphatic heterocycles. The summed E-state index contributed by atoms with van der Waals surface area (Å²) >= 11 is 1.88. The number of hydrogen-bond acceptors (Lipinski definition) is 4. The molecule has 2 amide bonds. The van der Waals surface area contributed by atoms with Gasteiger partial charge in [-0.25, -0.2) is 9.78 Å². The van der Waals surface area contributed by atoms with E-state index in [0.717, 1.165) is 41.7 Å². The van der Waals surface area contributed by atoms with Crippen LogP contribution in [0.5, 0.6) is 5.75 Å². The monoisotopic (exact) mass is 346 g/mol. The van der Waals surface area contributed by atoms with E-state index in [2.05, 4.69) is 10.3 Å². The van der Waals surface area contributed by atoms with E-state index in [1.165, 1.54) is 0 Å². The summed E-state index contributed by atoms with van der Waals surface area (Å²) < 4.78 is 7.25. The Morgan fingerprint density at radius 1 is 1.38 bits per heavy atom. The number of hydrogen-bond donors (Lipinski definition) is 1. The number of methoxy groups -OCH3 is 1. The van der Waals surface area contributed by atoms with Crippen LogP contribution in [0.2, 0.25) is 0 Å². The summed E-state index contributed by atoms with van der Waals surface area (Å²) in [4.78, 5) is 19.0. The second kappa shape index (κ2) is 7.61. The van der Waals surface area contributed by atoms with Gasteiger partial charge in [-0.15, -0.1) is 0 Å². The molecule has 24 heavy (non-hydrogen) atoms. The minimum absolute atomic E-state index is 0.0499. The van der Waals surface area contributed by atoms with Crippen molar-refractivity contribution in [3.8, 4) is 5.75 Å². The van der Waals surface area contributed by atoms with Crippen molar-refractivity contribution in [2.75, 3.05) is 31.7 Å². The van der Waals surface area contributed by atoms with E-state index in [1.807, 2.05) is 58.7 Å². The van der Waals surface area contributed by atoms with Crippen molar-refractivity contribution >= 4 is 17.8 Å². The summed E-state index contributed by atoms with van der Waals surface area (Å²) in [6, 6.07) is 7.37. The number of ether oxygens (including phenoxy) is 1. The molecule has 128 valence electrons. The number of benzene rings is 1. The quantitative estimate of drug-likeness (QED) is 0.923. The Morgan fingerprint density at radius 2 is 2.17 bits per heavy atom. The fourth-order valence-corrected chi connectivity index (χ4v) is 3.66. The molecule has 0 spiro atoms. The minimum atomic E-state index is -0.317. The summed E-state index contributed by atoms with van der Waals surface area (Å²) in [5, 5.41) is 3.14. The molecule has 0 bridgehead atoms. The van der Waals surface area contributed by atoms with E-state index in [-0.39, 0.29) is 12.1 Å². The van der Waals surface area contributed by atoms with Crippen LogP contribution in [0.4, 0.5) is 4.79 Å². The summed E-state index contributed by atoms with van der Waals surface area (Å²) in [6.07, 6.45) is 3.62. The van der Waals surface area contributed by atoms with E-state index in [1.54, 1.807) is 13.3 Å². The molecule has 0 unspecified atom stereocenters. The Morgan fingerprint density at radius 3 is 2.83 bits per heavy atom. The lowest BCUT2D eigenvalue weighted by Gasteiger charge is -2.29. The standard InChI is InChI=1S/C17H22N4O2S/c1-20-7-6-18-16(20)15(13-4-3-5-14(12-13)23-2)19-17(22)21-8-10-24-11-9-21/h3-7,12,15H,8-11H2,1-2H3,(H,19,22)/t15-/m1/s1. The number of urea groups is 1. The van der Waals surface area contributed by atoms with Crippen LogP contribution in [-0.4, -0.2) is 52.2 Å². The molecule has 0 radical (unpaired) electrons. The van der Waals surface area contributed by atoms with Crippen molar-refractivity contribution in [3.63, 3.8) is 0 Å². The molecule has 1 atom stereocenters. The third kappa shape index (κ3) is 3.67. The SMILES string of the molecule is COc1cccc([C@@H](NC(=O)N2CCSCC2)c2nccn2C)c1. The van der Waals surface area contributed by atoms with Crippen molar-refractivity contribution in [2.45, 2.75) is 6.04 Å². The fourth-order valence-electron chi connectivity index (χ4n) is 2.75. The van der Waals surface area contributed by atoms with Crippen LogP contribution >= 0.6 is 11.8 Å². The first kappa shape index (κ1) is 16.7. The van der Waals surface area contributed by atoms with Gasteiger partial charge in [0.1, 0.15) is 17.6 Å². The number of nitrogens with one attached hydrogen (secondary N) is 1. The molecule has 1 aromatic carbocycles. The Hall–Kier alpha value is -2.15. The lowest BCUT2D eigenvalue weighted by Crippen LogP contribution is -2.46. The van der Waals surface area contributed by atoms with E-state index < -0.39 is 0 Å². The maximum Gasteiger partial charge on any atom is 0.318 e. The van der Waals surface area contributed by atoms with Crippen LogP contribution in [0.1, 0.15) is 17.4 Å². The molecule has 1 saturated heterocycles. The second-order valence-corrected chi connectivity index (χ2v) is 6.88. The predicted octanol–water partition coefficient (Wildman–Crippen LogP) is 2.28. The van der Waals surface area contributed by atoms with Gasteiger partial charge in [-0.3, -0.25) is 0 Å². The average Bonchev–Trinajstić information content (AvgIpc) is 3.06. The van der Waals surface area contributed by atoms with Crippen LogP contribution in [-0.2, 0) is 7.05 Å². The van der Waals surface area contributed by atoms with Crippen LogP contribution in [0.25, 0.3) is 0 Å². The molecule has 1 aliphatic rings. The van der Waals surface area contributed by atoms with Gasteiger partial charge >= 0.3 is 6.03 Å². The fraction of sp³-hybridized carbons (Fsp3) is 0.412. The number of amides is 2. The molecule has 1 aromatic heterocycles. The van der Waals surface area contributed by atoms with E-state index >= 15 is 0 Å². The van der Waals surface area contributed by atoms with Crippen molar-refractivity contribution in [1.82, 2.24) is 19.8 Å². The first-order chi connectivity index (χ1) is 11.7. The van der Waals surface area contributed by atoms with Crippen LogP contribution in [0.3, 0.4) is 0 Å². The maximum absolute atomic E-state index is 12.7. The molecule has 1 fully saturated rings. The van der Waals surface area contributed by atoms with Gasteiger partial charge < -0.3 is 19.5 Å². The number of aromatic nitrogens is 2. The van der Waals surface area contributed by atoms with Gasteiger partial charge in [0.2, 0.25) is 0 Å².